The van der Waals surface area contributed by atoms with Gasteiger partial charge in [-0.25, -0.2) is 0 Å². The first-order valence-electron chi connectivity index (χ1n) is 8.26. The minimum atomic E-state index is -0.528. The molecule has 1 rings (SSSR count). The Hall–Kier alpha value is -0.910. The second-order valence-electron chi connectivity index (χ2n) is 7.95. The summed E-state index contributed by atoms with van der Waals surface area (Å²) in [5.41, 5.74) is 0.255. The standard InChI is InChI=1S/C19H30BrNO3/c1-13(14-8-10-15(20)11-9-14)21-16(12-23-18(2,3)4)17(22)24-19(5,6)7/h8-11,13,16,21H,12H2,1-7H3/t13?,16-/m0/s1. The molecule has 24 heavy (non-hydrogen) atoms. The van der Waals surface area contributed by atoms with Crippen molar-refractivity contribution in [1.29, 1.82) is 0 Å². The lowest BCUT2D eigenvalue weighted by atomic mass is 10.1. The van der Waals surface area contributed by atoms with Crippen LogP contribution in [0.4, 0.5) is 0 Å². The molecule has 5 heteroatoms. The van der Waals surface area contributed by atoms with Gasteiger partial charge < -0.3 is 9.47 Å². The summed E-state index contributed by atoms with van der Waals surface area (Å²) >= 11 is 3.43. The molecule has 0 aliphatic heterocycles. The van der Waals surface area contributed by atoms with E-state index in [9.17, 15) is 4.79 Å². The Labute approximate surface area is 154 Å². The van der Waals surface area contributed by atoms with Gasteiger partial charge in [-0.3, -0.25) is 10.1 Å². The number of hydrogen-bond donors (Lipinski definition) is 1. The van der Waals surface area contributed by atoms with E-state index >= 15 is 0 Å². The molecule has 0 heterocycles. The zero-order chi connectivity index (χ0) is 18.5. The van der Waals surface area contributed by atoms with Crippen molar-refractivity contribution in [3.63, 3.8) is 0 Å². The third-order valence-corrected chi connectivity index (χ3v) is 3.72. The Balaban J connectivity index is 2.83. The maximum absolute atomic E-state index is 12.5. The molecule has 1 aromatic carbocycles. The normalized spacial score (nSPS) is 15.0. The first-order chi connectivity index (χ1) is 10.9. The molecule has 0 aromatic heterocycles. The van der Waals surface area contributed by atoms with E-state index in [1.54, 1.807) is 0 Å². The van der Waals surface area contributed by atoms with Gasteiger partial charge in [0.1, 0.15) is 11.6 Å². The Morgan fingerprint density at radius 1 is 1.08 bits per heavy atom. The summed E-state index contributed by atoms with van der Waals surface area (Å²) in [5, 5.41) is 3.33. The largest absolute Gasteiger partial charge is 0.459 e. The molecule has 1 unspecified atom stereocenters. The van der Waals surface area contributed by atoms with E-state index in [0.717, 1.165) is 10.0 Å². The average molecular weight is 400 g/mol. The average Bonchev–Trinajstić information content (AvgIpc) is 2.40. The topological polar surface area (TPSA) is 47.6 Å². The zero-order valence-corrected chi connectivity index (χ0v) is 17.4. The maximum Gasteiger partial charge on any atom is 0.326 e. The molecule has 0 radical (unpaired) electrons. The summed E-state index contributed by atoms with van der Waals surface area (Å²) in [6.07, 6.45) is 0. The minimum Gasteiger partial charge on any atom is -0.459 e. The van der Waals surface area contributed by atoms with Crippen molar-refractivity contribution in [3.8, 4) is 0 Å². The van der Waals surface area contributed by atoms with Gasteiger partial charge in [-0.05, 0) is 66.2 Å². The number of carbonyl (C=O) groups excluding carboxylic acids is 1. The summed E-state index contributed by atoms with van der Waals surface area (Å²) < 4.78 is 12.4. The van der Waals surface area contributed by atoms with Crippen LogP contribution in [0.2, 0.25) is 0 Å². The molecule has 1 N–H and O–H groups in total. The van der Waals surface area contributed by atoms with Crippen molar-refractivity contribution in [2.24, 2.45) is 0 Å². The van der Waals surface area contributed by atoms with Gasteiger partial charge in [0, 0.05) is 10.5 Å². The predicted molar refractivity (Wildman–Crippen MR) is 101 cm³/mol. The third-order valence-electron chi connectivity index (χ3n) is 3.20. The van der Waals surface area contributed by atoms with Gasteiger partial charge in [-0.1, -0.05) is 28.1 Å². The molecular weight excluding hydrogens is 370 g/mol. The van der Waals surface area contributed by atoms with Crippen LogP contribution in [0.5, 0.6) is 0 Å². The first kappa shape index (κ1) is 21.1. The number of rotatable bonds is 6. The lowest BCUT2D eigenvalue weighted by molar-refractivity contribution is -0.160. The van der Waals surface area contributed by atoms with Gasteiger partial charge in [0.05, 0.1) is 12.2 Å². The van der Waals surface area contributed by atoms with E-state index in [1.807, 2.05) is 72.7 Å². The fraction of sp³-hybridized carbons (Fsp3) is 0.632. The van der Waals surface area contributed by atoms with Crippen molar-refractivity contribution < 1.29 is 14.3 Å². The van der Waals surface area contributed by atoms with E-state index in [1.165, 1.54) is 0 Å². The van der Waals surface area contributed by atoms with Crippen LogP contribution in [0.3, 0.4) is 0 Å². The highest BCUT2D eigenvalue weighted by Crippen LogP contribution is 2.19. The highest BCUT2D eigenvalue weighted by Gasteiger charge is 2.28. The number of esters is 1. The van der Waals surface area contributed by atoms with E-state index in [4.69, 9.17) is 9.47 Å². The number of halogens is 1. The molecule has 0 fully saturated rings. The van der Waals surface area contributed by atoms with Crippen molar-refractivity contribution in [2.45, 2.75) is 71.8 Å². The van der Waals surface area contributed by atoms with Gasteiger partial charge in [0.15, 0.2) is 0 Å². The molecule has 0 aliphatic carbocycles. The van der Waals surface area contributed by atoms with Crippen LogP contribution in [0.15, 0.2) is 28.7 Å². The van der Waals surface area contributed by atoms with Gasteiger partial charge in [-0.2, -0.15) is 0 Å². The van der Waals surface area contributed by atoms with Crippen molar-refractivity contribution in [2.75, 3.05) is 6.61 Å². The Bertz CT molecular complexity index is 529. The van der Waals surface area contributed by atoms with Crippen LogP contribution >= 0.6 is 15.9 Å². The summed E-state index contributed by atoms with van der Waals surface area (Å²) in [6, 6.07) is 7.50. The molecular formula is C19H30BrNO3. The highest BCUT2D eigenvalue weighted by atomic mass is 79.9. The van der Waals surface area contributed by atoms with Gasteiger partial charge in [0.2, 0.25) is 0 Å². The fourth-order valence-corrected chi connectivity index (χ4v) is 2.30. The second-order valence-corrected chi connectivity index (χ2v) is 8.87. The molecule has 0 spiro atoms. The number of carbonyl (C=O) groups is 1. The number of hydrogen-bond acceptors (Lipinski definition) is 4. The molecule has 0 aliphatic rings. The van der Waals surface area contributed by atoms with Gasteiger partial charge in [0.25, 0.3) is 0 Å². The minimum absolute atomic E-state index is 0.000753. The van der Waals surface area contributed by atoms with Crippen molar-refractivity contribution in [1.82, 2.24) is 5.32 Å². The van der Waals surface area contributed by atoms with Crippen LogP contribution < -0.4 is 5.32 Å². The fourth-order valence-electron chi connectivity index (χ4n) is 2.04. The number of ether oxygens (including phenoxy) is 2. The van der Waals surface area contributed by atoms with E-state index < -0.39 is 11.6 Å². The SMILES string of the molecule is CC(N[C@@H](COC(C)(C)C)C(=O)OC(C)(C)C)c1ccc(Br)cc1. The molecule has 4 nitrogen and oxygen atoms in total. The molecule has 136 valence electrons. The first-order valence-corrected chi connectivity index (χ1v) is 9.05. The summed E-state index contributed by atoms with van der Waals surface area (Å²) in [5.74, 6) is -0.296. The summed E-state index contributed by atoms with van der Waals surface area (Å²) in [6.45, 7) is 13.8. The molecule has 1 aromatic rings. The molecule has 2 atom stereocenters. The quantitative estimate of drug-likeness (QED) is 0.708. The van der Waals surface area contributed by atoms with Crippen LogP contribution in [0.25, 0.3) is 0 Å². The molecule has 0 amide bonds. The van der Waals surface area contributed by atoms with E-state index in [-0.39, 0.29) is 24.2 Å². The Morgan fingerprint density at radius 2 is 1.62 bits per heavy atom. The Kier molecular flexibility index (Phi) is 7.44. The highest BCUT2D eigenvalue weighted by molar-refractivity contribution is 9.10. The van der Waals surface area contributed by atoms with Crippen LogP contribution in [-0.2, 0) is 14.3 Å². The van der Waals surface area contributed by atoms with Crippen molar-refractivity contribution in [3.05, 3.63) is 34.3 Å². The molecule has 0 saturated heterocycles. The predicted octanol–water partition coefficient (Wildman–Crippen LogP) is 4.63. The van der Waals surface area contributed by atoms with E-state index in [2.05, 4.69) is 21.2 Å². The number of benzene rings is 1. The smallest absolute Gasteiger partial charge is 0.326 e. The summed E-state index contributed by atoms with van der Waals surface area (Å²) in [7, 11) is 0. The van der Waals surface area contributed by atoms with Crippen molar-refractivity contribution >= 4 is 21.9 Å². The number of nitrogens with one attached hydrogen (secondary N) is 1. The zero-order valence-electron chi connectivity index (χ0n) is 15.8. The third kappa shape index (κ3) is 8.27. The van der Waals surface area contributed by atoms with E-state index in [0.29, 0.717) is 0 Å². The monoisotopic (exact) mass is 399 g/mol. The molecule has 0 saturated carbocycles. The Morgan fingerprint density at radius 3 is 2.08 bits per heavy atom. The van der Waals surface area contributed by atoms with Crippen LogP contribution in [0.1, 0.15) is 60.1 Å². The lowest BCUT2D eigenvalue weighted by Crippen LogP contribution is -2.46. The van der Waals surface area contributed by atoms with Crippen LogP contribution in [0, 0.1) is 0 Å². The summed E-state index contributed by atoms with van der Waals surface area (Å²) in [4.78, 5) is 12.5. The van der Waals surface area contributed by atoms with Gasteiger partial charge >= 0.3 is 5.97 Å². The maximum atomic E-state index is 12.5. The van der Waals surface area contributed by atoms with Crippen LogP contribution in [-0.4, -0.2) is 29.8 Å². The second kappa shape index (κ2) is 8.45. The molecule has 0 bridgehead atoms. The van der Waals surface area contributed by atoms with Gasteiger partial charge in [-0.15, -0.1) is 0 Å². The lowest BCUT2D eigenvalue weighted by Gasteiger charge is -2.29.